The fraction of sp³-hybridized carbons (Fsp3) is 0.250. The topological polar surface area (TPSA) is 64.1 Å². The zero-order chi connectivity index (χ0) is 12.4. The second kappa shape index (κ2) is 4.79. The van der Waals surface area contributed by atoms with Gasteiger partial charge in [-0.1, -0.05) is 0 Å². The first-order valence-electron chi connectivity index (χ1n) is 5.30. The minimum absolute atomic E-state index is 0.00336. The Kier molecular flexibility index (Phi) is 3.38. The Morgan fingerprint density at radius 3 is 2.82 bits per heavy atom. The summed E-state index contributed by atoms with van der Waals surface area (Å²) in [4.78, 5) is 4.19. The van der Waals surface area contributed by atoms with E-state index >= 15 is 0 Å². The molecule has 0 fully saturated rings. The van der Waals surface area contributed by atoms with E-state index in [4.69, 9.17) is 10.2 Å². The van der Waals surface area contributed by atoms with Gasteiger partial charge in [0, 0.05) is 15.8 Å². The van der Waals surface area contributed by atoms with E-state index in [1.165, 1.54) is 0 Å². The van der Waals surface area contributed by atoms with Gasteiger partial charge in [0.05, 0.1) is 6.20 Å². The molecule has 90 valence electrons. The summed E-state index contributed by atoms with van der Waals surface area (Å²) in [6, 6.07) is 5.63. The van der Waals surface area contributed by atoms with E-state index in [9.17, 15) is 0 Å². The summed E-state index contributed by atoms with van der Waals surface area (Å²) in [5.74, 6) is 1.48. The van der Waals surface area contributed by atoms with Gasteiger partial charge in [0.2, 0.25) is 5.89 Å². The highest BCUT2D eigenvalue weighted by Crippen LogP contribution is 2.28. The number of rotatable bonds is 3. The van der Waals surface area contributed by atoms with Crippen molar-refractivity contribution in [1.29, 1.82) is 0 Å². The van der Waals surface area contributed by atoms with E-state index in [1.807, 2.05) is 32.0 Å². The highest BCUT2D eigenvalue weighted by atomic mass is 79.9. The van der Waals surface area contributed by atoms with Crippen molar-refractivity contribution in [3.8, 4) is 0 Å². The van der Waals surface area contributed by atoms with E-state index in [1.54, 1.807) is 6.20 Å². The van der Waals surface area contributed by atoms with Crippen LogP contribution < -0.4 is 11.1 Å². The Labute approximate surface area is 108 Å². The minimum atomic E-state index is 0.00336. The standard InChI is InChI=1S/C12H14BrN3O/c1-7-6-15-12(17-7)8(2)16-11-4-3-9(14)5-10(11)13/h3-6,8,16H,14H2,1-2H3. The van der Waals surface area contributed by atoms with Gasteiger partial charge in [0.15, 0.2) is 0 Å². The molecule has 0 spiro atoms. The minimum Gasteiger partial charge on any atom is -0.444 e. The Morgan fingerprint density at radius 2 is 2.24 bits per heavy atom. The molecule has 1 aromatic carbocycles. The quantitative estimate of drug-likeness (QED) is 0.851. The van der Waals surface area contributed by atoms with Gasteiger partial charge in [-0.2, -0.15) is 0 Å². The van der Waals surface area contributed by atoms with Crippen molar-refractivity contribution in [2.45, 2.75) is 19.9 Å². The highest BCUT2D eigenvalue weighted by molar-refractivity contribution is 9.10. The zero-order valence-corrected chi connectivity index (χ0v) is 11.3. The first-order valence-corrected chi connectivity index (χ1v) is 6.09. The molecule has 4 nitrogen and oxygen atoms in total. The van der Waals surface area contributed by atoms with Crippen molar-refractivity contribution < 1.29 is 4.42 Å². The van der Waals surface area contributed by atoms with E-state index in [0.29, 0.717) is 5.89 Å². The van der Waals surface area contributed by atoms with Crippen LogP contribution in [-0.4, -0.2) is 4.98 Å². The summed E-state index contributed by atoms with van der Waals surface area (Å²) in [5.41, 5.74) is 7.37. The summed E-state index contributed by atoms with van der Waals surface area (Å²) in [6.07, 6.45) is 1.71. The summed E-state index contributed by atoms with van der Waals surface area (Å²) < 4.78 is 6.39. The van der Waals surface area contributed by atoms with Crippen LogP contribution in [0.25, 0.3) is 0 Å². The van der Waals surface area contributed by atoms with E-state index < -0.39 is 0 Å². The molecule has 3 N–H and O–H groups in total. The number of nitrogens with zero attached hydrogens (tertiary/aromatic N) is 1. The molecule has 0 saturated carbocycles. The van der Waals surface area contributed by atoms with Gasteiger partial charge in [-0.15, -0.1) is 0 Å². The number of anilines is 2. The Morgan fingerprint density at radius 1 is 1.47 bits per heavy atom. The number of nitrogens with one attached hydrogen (secondary N) is 1. The molecule has 0 bridgehead atoms. The summed E-state index contributed by atoms with van der Waals surface area (Å²) >= 11 is 3.46. The second-order valence-electron chi connectivity index (χ2n) is 3.91. The maximum atomic E-state index is 5.68. The Balaban J connectivity index is 2.15. The fourth-order valence-electron chi connectivity index (χ4n) is 1.52. The van der Waals surface area contributed by atoms with E-state index in [0.717, 1.165) is 21.6 Å². The summed E-state index contributed by atoms with van der Waals surface area (Å²) in [6.45, 7) is 3.87. The molecular weight excluding hydrogens is 282 g/mol. The number of aryl methyl sites for hydroxylation is 1. The second-order valence-corrected chi connectivity index (χ2v) is 4.77. The number of aromatic nitrogens is 1. The summed E-state index contributed by atoms with van der Waals surface area (Å²) in [5, 5.41) is 3.31. The number of nitrogen functional groups attached to an aromatic ring is 1. The highest BCUT2D eigenvalue weighted by Gasteiger charge is 2.12. The third kappa shape index (κ3) is 2.79. The van der Waals surface area contributed by atoms with Gasteiger partial charge < -0.3 is 15.5 Å². The van der Waals surface area contributed by atoms with Crippen LogP contribution in [0.1, 0.15) is 24.6 Å². The van der Waals surface area contributed by atoms with Crippen LogP contribution in [0.4, 0.5) is 11.4 Å². The van der Waals surface area contributed by atoms with Crippen molar-refractivity contribution >= 4 is 27.3 Å². The van der Waals surface area contributed by atoms with E-state index in [-0.39, 0.29) is 6.04 Å². The smallest absolute Gasteiger partial charge is 0.216 e. The molecule has 0 aliphatic rings. The number of nitrogens with two attached hydrogens (primary N) is 1. The number of oxazole rings is 1. The van der Waals surface area contributed by atoms with Crippen molar-refractivity contribution in [3.63, 3.8) is 0 Å². The lowest BCUT2D eigenvalue weighted by molar-refractivity contribution is 0.453. The molecule has 1 unspecified atom stereocenters. The molecular formula is C12H14BrN3O. The molecule has 0 amide bonds. The molecule has 1 atom stereocenters. The SMILES string of the molecule is Cc1cnc(C(C)Nc2ccc(N)cc2Br)o1. The Hall–Kier alpha value is -1.49. The molecule has 1 aromatic heterocycles. The van der Waals surface area contributed by atoms with Crippen LogP contribution in [0, 0.1) is 6.92 Å². The van der Waals surface area contributed by atoms with Gasteiger partial charge in [-0.25, -0.2) is 4.98 Å². The van der Waals surface area contributed by atoms with Gasteiger partial charge in [0.1, 0.15) is 11.8 Å². The van der Waals surface area contributed by atoms with Crippen LogP contribution in [0.2, 0.25) is 0 Å². The third-order valence-corrected chi connectivity index (χ3v) is 3.03. The number of halogens is 1. The maximum Gasteiger partial charge on any atom is 0.216 e. The molecule has 0 saturated heterocycles. The van der Waals surface area contributed by atoms with Crippen molar-refractivity contribution in [1.82, 2.24) is 4.98 Å². The average Bonchev–Trinajstić information content (AvgIpc) is 2.69. The predicted octanol–water partition coefficient (Wildman–Crippen LogP) is 3.50. The van der Waals surface area contributed by atoms with Crippen molar-refractivity contribution in [3.05, 3.63) is 40.5 Å². The first kappa shape index (κ1) is 12.0. The maximum absolute atomic E-state index is 5.68. The molecule has 0 aliphatic carbocycles. The normalized spacial score (nSPS) is 12.4. The van der Waals surface area contributed by atoms with Crippen LogP contribution >= 0.6 is 15.9 Å². The van der Waals surface area contributed by atoms with Crippen LogP contribution in [0.5, 0.6) is 0 Å². The van der Waals surface area contributed by atoms with Gasteiger partial charge >= 0.3 is 0 Å². The lowest BCUT2D eigenvalue weighted by Crippen LogP contribution is -2.07. The largest absolute Gasteiger partial charge is 0.444 e. The van der Waals surface area contributed by atoms with Gasteiger partial charge in [0.25, 0.3) is 0 Å². The van der Waals surface area contributed by atoms with Crippen LogP contribution in [0.3, 0.4) is 0 Å². The first-order chi connectivity index (χ1) is 8.06. The molecule has 0 radical (unpaired) electrons. The monoisotopic (exact) mass is 295 g/mol. The lowest BCUT2D eigenvalue weighted by atomic mass is 10.2. The predicted molar refractivity (Wildman–Crippen MR) is 71.8 cm³/mol. The summed E-state index contributed by atoms with van der Waals surface area (Å²) in [7, 11) is 0. The molecule has 2 aromatic rings. The fourth-order valence-corrected chi connectivity index (χ4v) is 2.03. The van der Waals surface area contributed by atoms with Crippen LogP contribution in [-0.2, 0) is 0 Å². The number of hydrogen-bond donors (Lipinski definition) is 2. The number of benzene rings is 1. The van der Waals surface area contributed by atoms with E-state index in [2.05, 4.69) is 26.2 Å². The van der Waals surface area contributed by atoms with Crippen molar-refractivity contribution in [2.75, 3.05) is 11.1 Å². The zero-order valence-electron chi connectivity index (χ0n) is 9.70. The third-order valence-electron chi connectivity index (χ3n) is 2.37. The Bertz CT molecular complexity index is 524. The van der Waals surface area contributed by atoms with Gasteiger partial charge in [-0.05, 0) is 48.0 Å². The van der Waals surface area contributed by atoms with Crippen molar-refractivity contribution in [2.24, 2.45) is 0 Å². The number of hydrogen-bond acceptors (Lipinski definition) is 4. The lowest BCUT2D eigenvalue weighted by Gasteiger charge is -2.13. The average molecular weight is 296 g/mol. The van der Waals surface area contributed by atoms with Crippen LogP contribution in [0.15, 0.2) is 33.3 Å². The molecule has 1 heterocycles. The molecule has 2 rings (SSSR count). The molecule has 5 heteroatoms. The molecule has 17 heavy (non-hydrogen) atoms. The van der Waals surface area contributed by atoms with Gasteiger partial charge in [-0.3, -0.25) is 0 Å². The molecule has 0 aliphatic heterocycles.